The van der Waals surface area contributed by atoms with Gasteiger partial charge in [0.1, 0.15) is 5.82 Å². The minimum atomic E-state index is 0.631. The van der Waals surface area contributed by atoms with Crippen LogP contribution in [0.15, 0.2) is 81.7 Å². The Morgan fingerprint density at radius 2 is 1.41 bits per heavy atom. The molecule has 0 saturated heterocycles. The summed E-state index contributed by atoms with van der Waals surface area (Å²) in [7, 11) is 0. The van der Waals surface area contributed by atoms with Crippen molar-refractivity contribution in [2.45, 2.75) is 0 Å². The predicted molar refractivity (Wildman–Crippen MR) is 115 cm³/mol. The van der Waals surface area contributed by atoms with Gasteiger partial charge in [-0.15, -0.1) is 0 Å². The molecule has 0 amide bonds. The van der Waals surface area contributed by atoms with Gasteiger partial charge in [0, 0.05) is 20.2 Å². The molecule has 5 aromatic rings. The fourth-order valence-corrected chi connectivity index (χ4v) is 3.78. The van der Waals surface area contributed by atoms with Gasteiger partial charge >= 0.3 is 0 Å². The first-order chi connectivity index (χ1) is 13.2. The van der Waals surface area contributed by atoms with E-state index in [0.717, 1.165) is 42.7 Å². The van der Waals surface area contributed by atoms with Crippen LogP contribution in [0.25, 0.3) is 39.4 Å². The average molecular weight is 480 g/mol. The van der Waals surface area contributed by atoms with E-state index in [2.05, 4.69) is 42.5 Å². The van der Waals surface area contributed by atoms with Crippen molar-refractivity contribution in [2.75, 3.05) is 0 Å². The molecule has 0 aliphatic rings. The van der Waals surface area contributed by atoms with Crippen LogP contribution in [0, 0.1) is 0 Å². The number of aromatic nitrogens is 4. The second-order valence-corrected chi connectivity index (χ2v) is 7.95. The number of fused-ring (bicyclic) bond motifs is 2. The number of nitrogens with zero attached hydrogens (tertiary/aromatic N) is 4. The molecule has 27 heavy (non-hydrogen) atoms. The molecule has 0 fully saturated rings. The average Bonchev–Trinajstić information content (AvgIpc) is 3.05. The molecule has 0 atom stereocenters. The van der Waals surface area contributed by atoms with Crippen LogP contribution >= 0.6 is 31.9 Å². The number of halogens is 2. The first-order valence-electron chi connectivity index (χ1n) is 8.36. The Morgan fingerprint density at radius 3 is 2.15 bits per heavy atom. The van der Waals surface area contributed by atoms with Crippen LogP contribution in [-0.2, 0) is 0 Å². The van der Waals surface area contributed by atoms with Gasteiger partial charge in [0.05, 0.1) is 11.0 Å². The van der Waals surface area contributed by atoms with Crippen molar-refractivity contribution in [3.63, 3.8) is 0 Å². The maximum absolute atomic E-state index is 4.86. The monoisotopic (exact) mass is 478 g/mol. The normalized spacial score (nSPS) is 11.3. The molecule has 3 aromatic carbocycles. The van der Waals surface area contributed by atoms with Crippen molar-refractivity contribution in [1.82, 2.24) is 19.5 Å². The van der Waals surface area contributed by atoms with Crippen LogP contribution in [0.5, 0.6) is 0 Å². The number of rotatable bonds is 2. The lowest BCUT2D eigenvalue weighted by Crippen LogP contribution is -1.99. The minimum Gasteiger partial charge on any atom is -0.275 e. The molecule has 0 N–H and O–H groups in total. The Balaban J connectivity index is 1.88. The van der Waals surface area contributed by atoms with Gasteiger partial charge < -0.3 is 0 Å². The topological polar surface area (TPSA) is 43.6 Å². The highest BCUT2D eigenvalue weighted by atomic mass is 79.9. The first-order valence-corrected chi connectivity index (χ1v) is 9.95. The highest BCUT2D eigenvalue weighted by molar-refractivity contribution is 9.10. The van der Waals surface area contributed by atoms with E-state index in [4.69, 9.17) is 15.0 Å². The van der Waals surface area contributed by atoms with E-state index in [-0.39, 0.29) is 0 Å². The van der Waals surface area contributed by atoms with Gasteiger partial charge in [-0.05, 0) is 48.5 Å². The summed E-state index contributed by atoms with van der Waals surface area (Å²) in [5.74, 6) is 0.809. The van der Waals surface area contributed by atoms with E-state index in [0.29, 0.717) is 5.65 Å². The quantitative estimate of drug-likeness (QED) is 0.304. The molecule has 4 nitrogen and oxygen atoms in total. The Hall–Kier alpha value is -2.57. The molecule has 2 heterocycles. The zero-order valence-electron chi connectivity index (χ0n) is 14.0. The summed E-state index contributed by atoms with van der Waals surface area (Å²) in [6, 6.07) is 24.1. The van der Waals surface area contributed by atoms with Crippen molar-refractivity contribution in [3.8, 4) is 17.1 Å². The maximum Gasteiger partial charge on any atom is 0.199 e. The Kier molecular flexibility index (Phi) is 4.02. The van der Waals surface area contributed by atoms with E-state index < -0.39 is 0 Å². The van der Waals surface area contributed by atoms with Gasteiger partial charge in [0.25, 0.3) is 0 Å². The zero-order chi connectivity index (χ0) is 18.4. The maximum atomic E-state index is 4.86. The molecular weight excluding hydrogens is 468 g/mol. The summed E-state index contributed by atoms with van der Waals surface area (Å²) in [4.78, 5) is 14.4. The molecule has 0 spiro atoms. The molecule has 0 saturated carbocycles. The van der Waals surface area contributed by atoms with Crippen molar-refractivity contribution < 1.29 is 0 Å². The number of imidazole rings is 1. The third-order valence-electron chi connectivity index (χ3n) is 4.34. The molecule has 130 valence electrons. The number of hydrogen-bond acceptors (Lipinski definition) is 3. The van der Waals surface area contributed by atoms with Gasteiger partial charge in [-0.1, -0.05) is 56.1 Å². The van der Waals surface area contributed by atoms with E-state index >= 15 is 0 Å². The molecule has 5 rings (SSSR count). The SMILES string of the molecule is Brc1ccc(-n2c(-c3cccc(Br)c3)nc3nc4ccccc4nc32)cc1. The second kappa shape index (κ2) is 6.55. The Morgan fingerprint density at radius 1 is 0.667 bits per heavy atom. The zero-order valence-corrected chi connectivity index (χ0v) is 17.1. The van der Waals surface area contributed by atoms with Gasteiger partial charge in [0.15, 0.2) is 11.3 Å². The largest absolute Gasteiger partial charge is 0.275 e. The summed E-state index contributed by atoms with van der Waals surface area (Å²) in [5, 5.41) is 0. The molecule has 6 heteroatoms. The second-order valence-electron chi connectivity index (χ2n) is 6.12. The summed E-state index contributed by atoms with van der Waals surface area (Å²) >= 11 is 7.06. The van der Waals surface area contributed by atoms with Gasteiger partial charge in [-0.3, -0.25) is 4.57 Å². The Labute approximate surface area is 172 Å². The first kappa shape index (κ1) is 16.6. The summed E-state index contributed by atoms with van der Waals surface area (Å²) < 4.78 is 4.08. The van der Waals surface area contributed by atoms with Gasteiger partial charge in [0.2, 0.25) is 0 Å². The molecule has 0 bridgehead atoms. The lowest BCUT2D eigenvalue weighted by molar-refractivity contribution is 1.08. The summed E-state index contributed by atoms with van der Waals surface area (Å²) in [5.41, 5.74) is 5.05. The molecule has 0 radical (unpaired) electrons. The fraction of sp³-hybridized carbons (Fsp3) is 0. The number of benzene rings is 3. The van der Waals surface area contributed by atoms with Crippen molar-refractivity contribution >= 4 is 54.2 Å². The van der Waals surface area contributed by atoms with E-state index in [1.165, 1.54) is 0 Å². The summed E-state index contributed by atoms with van der Waals surface area (Å²) in [6.07, 6.45) is 0. The Bertz CT molecular complexity index is 1290. The van der Waals surface area contributed by atoms with Crippen LogP contribution in [-0.4, -0.2) is 19.5 Å². The predicted octanol–water partition coefficient (Wildman–Crippen LogP) is 6.16. The number of hydrogen-bond donors (Lipinski definition) is 0. The highest BCUT2D eigenvalue weighted by Gasteiger charge is 2.17. The van der Waals surface area contributed by atoms with Crippen molar-refractivity contribution in [1.29, 1.82) is 0 Å². The van der Waals surface area contributed by atoms with Gasteiger partial charge in [-0.2, -0.15) is 0 Å². The van der Waals surface area contributed by atoms with Crippen LogP contribution in [0.1, 0.15) is 0 Å². The third kappa shape index (κ3) is 2.95. The third-order valence-corrected chi connectivity index (χ3v) is 5.36. The van der Waals surface area contributed by atoms with Crippen LogP contribution in [0.2, 0.25) is 0 Å². The lowest BCUT2D eigenvalue weighted by Gasteiger charge is -2.09. The van der Waals surface area contributed by atoms with Crippen LogP contribution < -0.4 is 0 Å². The smallest absolute Gasteiger partial charge is 0.199 e. The minimum absolute atomic E-state index is 0.631. The van der Waals surface area contributed by atoms with Crippen molar-refractivity contribution in [3.05, 3.63) is 81.7 Å². The standard InChI is InChI=1S/C21H12Br2N4/c22-14-8-10-16(11-9-14)27-20(13-4-3-5-15(23)12-13)26-19-21(27)25-18-7-2-1-6-17(18)24-19/h1-12H. The number of para-hydroxylation sites is 2. The fourth-order valence-electron chi connectivity index (χ4n) is 3.11. The molecular formula is C21H12Br2N4. The molecule has 0 unspecified atom stereocenters. The van der Waals surface area contributed by atoms with E-state index in [1.807, 2.05) is 66.7 Å². The molecule has 0 aliphatic heterocycles. The van der Waals surface area contributed by atoms with Crippen LogP contribution in [0.4, 0.5) is 0 Å². The lowest BCUT2D eigenvalue weighted by atomic mass is 10.2. The van der Waals surface area contributed by atoms with Gasteiger partial charge in [-0.25, -0.2) is 15.0 Å². The highest BCUT2D eigenvalue weighted by Crippen LogP contribution is 2.30. The molecule has 2 aromatic heterocycles. The van der Waals surface area contributed by atoms with Crippen molar-refractivity contribution in [2.24, 2.45) is 0 Å². The molecule has 0 aliphatic carbocycles. The van der Waals surface area contributed by atoms with Crippen LogP contribution in [0.3, 0.4) is 0 Å². The van der Waals surface area contributed by atoms with E-state index in [1.54, 1.807) is 0 Å². The summed E-state index contributed by atoms with van der Waals surface area (Å²) in [6.45, 7) is 0. The van der Waals surface area contributed by atoms with E-state index in [9.17, 15) is 0 Å².